The topological polar surface area (TPSA) is 96.1 Å². The maximum atomic E-state index is 9.29. The number of imidazole rings is 1. The van der Waals surface area contributed by atoms with Gasteiger partial charge in [0.05, 0.1) is 24.0 Å². The van der Waals surface area contributed by atoms with Gasteiger partial charge in [0.15, 0.2) is 11.5 Å². The van der Waals surface area contributed by atoms with Gasteiger partial charge >= 0.3 is 0 Å². The number of hydrogen-bond donors (Lipinski definition) is 1. The molecule has 0 unspecified atom stereocenters. The molecule has 0 aromatic carbocycles. The van der Waals surface area contributed by atoms with Gasteiger partial charge in [0.25, 0.3) is 0 Å². The van der Waals surface area contributed by atoms with Gasteiger partial charge in [0.2, 0.25) is 0 Å². The predicted octanol–water partition coefficient (Wildman–Crippen LogP) is 2.76. The summed E-state index contributed by atoms with van der Waals surface area (Å²) in [4.78, 5) is 16.1. The maximum Gasteiger partial charge on any atom is 0.157 e. The SMILES string of the molecule is N#CC1(c2ccc(-n3cc(-c4ccnc5[nH]cnc45)cn3)nc2)CC1. The van der Waals surface area contributed by atoms with Crippen LogP contribution in [0.5, 0.6) is 0 Å². The summed E-state index contributed by atoms with van der Waals surface area (Å²) in [5.41, 5.74) is 4.15. The van der Waals surface area contributed by atoms with Crippen LogP contribution >= 0.6 is 0 Å². The van der Waals surface area contributed by atoms with Crippen LogP contribution in [0.4, 0.5) is 0 Å². The minimum Gasteiger partial charge on any atom is -0.329 e. The lowest BCUT2D eigenvalue weighted by Crippen LogP contribution is -2.05. The largest absolute Gasteiger partial charge is 0.329 e. The van der Waals surface area contributed by atoms with Gasteiger partial charge in [0, 0.05) is 29.7 Å². The fourth-order valence-corrected chi connectivity index (χ4v) is 3.06. The number of nitriles is 1. The molecule has 1 N–H and O–H groups in total. The normalized spacial score (nSPS) is 15.2. The molecule has 0 atom stereocenters. The number of hydrogen-bond acceptors (Lipinski definition) is 5. The fraction of sp³-hybridized carbons (Fsp3) is 0.167. The third-order valence-electron chi connectivity index (χ3n) is 4.71. The summed E-state index contributed by atoms with van der Waals surface area (Å²) in [6.07, 6.45) is 10.7. The maximum absolute atomic E-state index is 9.29. The minimum absolute atomic E-state index is 0.316. The smallest absolute Gasteiger partial charge is 0.157 e. The predicted molar refractivity (Wildman–Crippen MR) is 90.8 cm³/mol. The standard InChI is InChI=1S/C18H13N7/c19-10-18(4-5-18)13-1-2-15(21-8-13)25-9-12(7-24-25)14-3-6-20-17-16(14)22-11-23-17/h1-3,6-9,11H,4-5H2,(H,20,22,23). The van der Waals surface area contributed by atoms with Gasteiger partial charge in [-0.15, -0.1) is 0 Å². The Morgan fingerprint density at radius 3 is 2.80 bits per heavy atom. The Balaban J connectivity index is 1.51. The molecule has 1 saturated carbocycles. The van der Waals surface area contributed by atoms with Crippen molar-refractivity contribution in [1.82, 2.24) is 29.7 Å². The first kappa shape index (κ1) is 13.9. The zero-order valence-electron chi connectivity index (χ0n) is 13.2. The monoisotopic (exact) mass is 327 g/mol. The van der Waals surface area contributed by atoms with Crippen molar-refractivity contribution < 1.29 is 0 Å². The number of H-pyrrole nitrogens is 1. The number of rotatable bonds is 3. The van der Waals surface area contributed by atoms with Gasteiger partial charge in [-0.25, -0.2) is 19.6 Å². The van der Waals surface area contributed by atoms with Gasteiger partial charge in [-0.05, 0) is 30.5 Å². The van der Waals surface area contributed by atoms with Crippen LogP contribution < -0.4 is 0 Å². The molecule has 7 heteroatoms. The van der Waals surface area contributed by atoms with Crippen molar-refractivity contribution >= 4 is 11.2 Å². The van der Waals surface area contributed by atoms with Crippen molar-refractivity contribution in [1.29, 1.82) is 5.26 Å². The number of nitrogens with one attached hydrogen (secondary N) is 1. The Morgan fingerprint density at radius 1 is 1.12 bits per heavy atom. The van der Waals surface area contributed by atoms with Gasteiger partial charge in [0.1, 0.15) is 5.52 Å². The number of nitrogens with zero attached hydrogens (tertiary/aromatic N) is 6. The highest BCUT2D eigenvalue weighted by Crippen LogP contribution is 2.47. The summed E-state index contributed by atoms with van der Waals surface area (Å²) >= 11 is 0. The first-order chi connectivity index (χ1) is 12.3. The lowest BCUT2D eigenvalue weighted by Gasteiger charge is -2.06. The van der Waals surface area contributed by atoms with Crippen LogP contribution in [-0.4, -0.2) is 29.7 Å². The lowest BCUT2D eigenvalue weighted by atomic mass is 10.0. The third kappa shape index (κ3) is 2.11. The molecule has 0 aliphatic heterocycles. The van der Waals surface area contributed by atoms with Crippen molar-refractivity contribution in [2.24, 2.45) is 0 Å². The Morgan fingerprint density at radius 2 is 2.04 bits per heavy atom. The van der Waals surface area contributed by atoms with Crippen LogP contribution in [-0.2, 0) is 5.41 Å². The van der Waals surface area contributed by atoms with Crippen molar-refractivity contribution in [3.05, 3.63) is 54.9 Å². The van der Waals surface area contributed by atoms with E-state index in [0.29, 0.717) is 0 Å². The average molecular weight is 327 g/mol. The average Bonchev–Trinajstić information content (AvgIpc) is 3.08. The van der Waals surface area contributed by atoms with E-state index in [9.17, 15) is 5.26 Å². The second-order valence-corrected chi connectivity index (χ2v) is 6.23. The summed E-state index contributed by atoms with van der Waals surface area (Å²) in [7, 11) is 0. The van der Waals surface area contributed by atoms with Crippen molar-refractivity contribution in [3.63, 3.8) is 0 Å². The molecule has 7 nitrogen and oxygen atoms in total. The van der Waals surface area contributed by atoms with E-state index in [1.165, 1.54) is 0 Å². The van der Waals surface area contributed by atoms with Crippen LogP contribution in [0, 0.1) is 11.3 Å². The van der Waals surface area contributed by atoms with Gasteiger partial charge < -0.3 is 4.98 Å². The van der Waals surface area contributed by atoms with Crippen molar-refractivity contribution in [2.75, 3.05) is 0 Å². The Bertz CT molecular complexity index is 1110. The molecule has 25 heavy (non-hydrogen) atoms. The highest BCUT2D eigenvalue weighted by Gasteiger charge is 2.45. The van der Waals surface area contributed by atoms with Gasteiger partial charge in [-0.1, -0.05) is 6.07 Å². The van der Waals surface area contributed by atoms with Gasteiger partial charge in [-0.2, -0.15) is 10.4 Å². The van der Waals surface area contributed by atoms with E-state index in [4.69, 9.17) is 0 Å². The van der Waals surface area contributed by atoms with Crippen LogP contribution in [0.1, 0.15) is 18.4 Å². The summed E-state index contributed by atoms with van der Waals surface area (Å²) in [6, 6.07) is 8.18. The van der Waals surface area contributed by atoms with Crippen LogP contribution in [0.15, 0.2) is 49.3 Å². The van der Waals surface area contributed by atoms with Crippen molar-refractivity contribution in [2.45, 2.75) is 18.3 Å². The molecular formula is C18H13N7. The van der Waals surface area contributed by atoms with Crippen molar-refractivity contribution in [3.8, 4) is 23.0 Å². The number of aromatic amines is 1. The Kier molecular flexibility index (Phi) is 2.76. The molecule has 1 aliphatic carbocycles. The van der Waals surface area contributed by atoms with Gasteiger partial charge in [-0.3, -0.25) is 0 Å². The van der Waals surface area contributed by atoms with E-state index in [1.807, 2.05) is 24.4 Å². The molecule has 0 radical (unpaired) electrons. The first-order valence-electron chi connectivity index (χ1n) is 8.00. The molecule has 0 bridgehead atoms. The molecule has 0 saturated heterocycles. The van der Waals surface area contributed by atoms with Crippen LogP contribution in [0.25, 0.3) is 28.1 Å². The quantitative estimate of drug-likeness (QED) is 0.624. The third-order valence-corrected chi connectivity index (χ3v) is 4.71. The number of fused-ring (bicyclic) bond motifs is 1. The van der Waals surface area contributed by atoms with E-state index < -0.39 is 0 Å². The summed E-state index contributed by atoms with van der Waals surface area (Å²) in [5, 5.41) is 13.7. The van der Waals surface area contributed by atoms with E-state index in [1.54, 1.807) is 29.6 Å². The van der Waals surface area contributed by atoms with E-state index in [2.05, 4.69) is 31.1 Å². The van der Waals surface area contributed by atoms with E-state index in [-0.39, 0.29) is 5.41 Å². The lowest BCUT2D eigenvalue weighted by molar-refractivity contribution is 0.831. The van der Waals surface area contributed by atoms with E-state index in [0.717, 1.165) is 46.5 Å². The van der Waals surface area contributed by atoms with Crippen LogP contribution in [0.3, 0.4) is 0 Å². The Hall–Kier alpha value is -3.53. The van der Waals surface area contributed by atoms with E-state index >= 15 is 0 Å². The minimum atomic E-state index is -0.316. The number of pyridine rings is 2. The second kappa shape index (κ2) is 4.98. The summed E-state index contributed by atoms with van der Waals surface area (Å²) in [6.45, 7) is 0. The molecule has 4 aromatic rings. The summed E-state index contributed by atoms with van der Waals surface area (Å²) in [5.74, 6) is 0.719. The highest BCUT2D eigenvalue weighted by molar-refractivity contribution is 5.88. The molecular weight excluding hydrogens is 314 g/mol. The molecule has 0 spiro atoms. The zero-order chi connectivity index (χ0) is 16.9. The molecule has 5 rings (SSSR count). The zero-order valence-corrected chi connectivity index (χ0v) is 13.2. The second-order valence-electron chi connectivity index (χ2n) is 6.23. The highest BCUT2D eigenvalue weighted by atomic mass is 15.3. The fourth-order valence-electron chi connectivity index (χ4n) is 3.06. The Labute approximate surface area is 143 Å². The summed E-state index contributed by atoms with van der Waals surface area (Å²) < 4.78 is 1.73. The molecule has 1 aliphatic rings. The molecule has 4 aromatic heterocycles. The molecule has 4 heterocycles. The number of aromatic nitrogens is 6. The van der Waals surface area contributed by atoms with Crippen LogP contribution in [0.2, 0.25) is 0 Å². The molecule has 0 amide bonds. The molecule has 1 fully saturated rings. The molecule has 120 valence electrons. The first-order valence-corrected chi connectivity index (χ1v) is 8.00.